The molecule has 23 heavy (non-hydrogen) atoms. The molecule has 1 aliphatic heterocycles. The van der Waals surface area contributed by atoms with Crippen LogP contribution in [0.3, 0.4) is 0 Å². The van der Waals surface area contributed by atoms with Crippen molar-refractivity contribution in [3.8, 4) is 5.75 Å². The van der Waals surface area contributed by atoms with Crippen LogP contribution in [-0.4, -0.2) is 44.4 Å². The van der Waals surface area contributed by atoms with E-state index in [9.17, 15) is 26.3 Å². The number of benzene rings is 1. The van der Waals surface area contributed by atoms with Crippen LogP contribution >= 0.6 is 0 Å². The number of nitrogens with one attached hydrogen (secondary N) is 1. The smallest absolute Gasteiger partial charge is 0.416 e. The standard InChI is InChI=1S/C14H16F6N2O/c1-23-11-8-9(13(15,16)17)2-3-10(11)12(14(18,19)20)22-6-4-21-5-7-22/h2-3,8,12,21H,4-7H2,1H3/t12-/m0/s1. The maximum absolute atomic E-state index is 13.5. The monoisotopic (exact) mass is 342 g/mol. The van der Waals surface area contributed by atoms with Gasteiger partial charge in [-0.3, -0.25) is 4.90 Å². The first-order valence-corrected chi connectivity index (χ1v) is 6.91. The van der Waals surface area contributed by atoms with Crippen LogP contribution in [0.15, 0.2) is 18.2 Å². The molecule has 3 nitrogen and oxygen atoms in total. The van der Waals surface area contributed by atoms with Crippen molar-refractivity contribution in [2.75, 3.05) is 33.3 Å². The molecule has 130 valence electrons. The maximum atomic E-state index is 13.5. The number of nitrogens with zero attached hydrogens (tertiary/aromatic N) is 1. The summed E-state index contributed by atoms with van der Waals surface area (Å²) in [5, 5.41) is 2.94. The van der Waals surface area contributed by atoms with Crippen molar-refractivity contribution >= 4 is 0 Å². The van der Waals surface area contributed by atoms with Crippen molar-refractivity contribution in [1.82, 2.24) is 10.2 Å². The van der Waals surface area contributed by atoms with E-state index < -0.39 is 29.7 Å². The van der Waals surface area contributed by atoms with Crippen molar-refractivity contribution in [2.45, 2.75) is 18.4 Å². The van der Waals surface area contributed by atoms with Gasteiger partial charge in [-0.05, 0) is 12.1 Å². The Bertz CT molecular complexity index is 537. The lowest BCUT2D eigenvalue weighted by Crippen LogP contribution is -2.49. The van der Waals surface area contributed by atoms with E-state index >= 15 is 0 Å². The quantitative estimate of drug-likeness (QED) is 0.854. The van der Waals surface area contributed by atoms with E-state index in [1.165, 1.54) is 4.90 Å². The summed E-state index contributed by atoms with van der Waals surface area (Å²) in [4.78, 5) is 1.20. The van der Waals surface area contributed by atoms with Crippen molar-refractivity contribution in [3.05, 3.63) is 29.3 Å². The van der Waals surface area contributed by atoms with E-state index in [2.05, 4.69) is 5.32 Å². The van der Waals surface area contributed by atoms with Gasteiger partial charge in [-0.15, -0.1) is 0 Å². The van der Waals surface area contributed by atoms with Crippen molar-refractivity contribution in [3.63, 3.8) is 0 Å². The average Bonchev–Trinajstić information content (AvgIpc) is 2.46. The van der Waals surface area contributed by atoms with Gasteiger partial charge in [0.05, 0.1) is 12.7 Å². The molecule has 0 aliphatic carbocycles. The first-order chi connectivity index (χ1) is 10.6. The Kier molecular flexibility index (Phi) is 5.10. The largest absolute Gasteiger partial charge is 0.496 e. The van der Waals surface area contributed by atoms with E-state index in [1.54, 1.807) is 0 Å². The molecule has 1 aromatic carbocycles. The van der Waals surface area contributed by atoms with Gasteiger partial charge in [0, 0.05) is 31.7 Å². The first-order valence-electron chi connectivity index (χ1n) is 6.91. The van der Waals surface area contributed by atoms with Crippen LogP contribution in [0, 0.1) is 0 Å². The highest BCUT2D eigenvalue weighted by Crippen LogP contribution is 2.43. The second-order valence-electron chi connectivity index (χ2n) is 5.18. The molecule has 9 heteroatoms. The summed E-state index contributed by atoms with van der Waals surface area (Å²) in [6.07, 6.45) is -9.26. The van der Waals surface area contributed by atoms with Crippen LogP contribution in [0.25, 0.3) is 0 Å². The van der Waals surface area contributed by atoms with E-state index in [-0.39, 0.29) is 18.7 Å². The van der Waals surface area contributed by atoms with Crippen LogP contribution in [0.5, 0.6) is 5.75 Å². The number of halogens is 6. The highest BCUT2D eigenvalue weighted by molar-refractivity contribution is 5.41. The minimum absolute atomic E-state index is 0.147. The predicted molar refractivity (Wildman–Crippen MR) is 71.2 cm³/mol. The molecule has 0 amide bonds. The van der Waals surface area contributed by atoms with Crippen LogP contribution in [0.2, 0.25) is 0 Å². The van der Waals surface area contributed by atoms with Gasteiger partial charge in [-0.2, -0.15) is 26.3 Å². The number of hydrogen-bond acceptors (Lipinski definition) is 3. The first kappa shape index (κ1) is 17.9. The zero-order valence-corrected chi connectivity index (χ0v) is 12.3. The third-order valence-corrected chi connectivity index (χ3v) is 3.68. The number of piperazine rings is 1. The van der Waals surface area contributed by atoms with Gasteiger partial charge >= 0.3 is 12.4 Å². The molecule has 1 heterocycles. The van der Waals surface area contributed by atoms with Crippen molar-refractivity contribution in [2.24, 2.45) is 0 Å². The molecule has 0 aromatic heterocycles. The SMILES string of the molecule is COc1cc(C(F)(F)F)ccc1[C@H](N1CCNCC1)C(F)(F)F. The molecule has 1 saturated heterocycles. The lowest BCUT2D eigenvalue weighted by Gasteiger charge is -2.36. The van der Waals surface area contributed by atoms with Crippen LogP contribution < -0.4 is 10.1 Å². The van der Waals surface area contributed by atoms with Gasteiger partial charge in [0.2, 0.25) is 0 Å². The topological polar surface area (TPSA) is 24.5 Å². The lowest BCUT2D eigenvalue weighted by molar-refractivity contribution is -0.188. The molecule has 1 atom stereocenters. The predicted octanol–water partition coefficient (Wildman–Crippen LogP) is 3.22. The van der Waals surface area contributed by atoms with Crippen molar-refractivity contribution < 1.29 is 31.1 Å². The van der Waals surface area contributed by atoms with Crippen LogP contribution in [0.4, 0.5) is 26.3 Å². The van der Waals surface area contributed by atoms with E-state index in [1.807, 2.05) is 0 Å². The summed E-state index contributed by atoms with van der Waals surface area (Å²) in [6, 6.07) is 0.110. The van der Waals surface area contributed by atoms with E-state index in [4.69, 9.17) is 4.74 Å². The molecule has 0 radical (unpaired) electrons. The number of alkyl halides is 6. The normalized spacial score (nSPS) is 18.7. The highest BCUT2D eigenvalue weighted by Gasteiger charge is 2.46. The molecule has 0 unspecified atom stereocenters. The summed E-state index contributed by atoms with van der Waals surface area (Å²) in [6.45, 7) is 1.06. The van der Waals surface area contributed by atoms with Gasteiger partial charge in [0.15, 0.2) is 0 Å². The molecule has 0 spiro atoms. The Morgan fingerprint density at radius 3 is 2.17 bits per heavy atom. The number of methoxy groups -OCH3 is 1. The third kappa shape index (κ3) is 4.08. The third-order valence-electron chi connectivity index (χ3n) is 3.68. The van der Waals surface area contributed by atoms with Crippen molar-refractivity contribution in [1.29, 1.82) is 0 Å². The van der Waals surface area contributed by atoms with Gasteiger partial charge in [-0.25, -0.2) is 0 Å². The molecule has 1 aliphatic rings. The van der Waals surface area contributed by atoms with Gasteiger partial charge in [0.1, 0.15) is 11.8 Å². The van der Waals surface area contributed by atoms with Gasteiger partial charge in [0.25, 0.3) is 0 Å². The summed E-state index contributed by atoms with van der Waals surface area (Å²) < 4.78 is 83.5. The molecular formula is C14H16F6N2O. The lowest BCUT2D eigenvalue weighted by atomic mass is 10.0. The highest BCUT2D eigenvalue weighted by atomic mass is 19.4. The molecule has 2 rings (SSSR count). The Morgan fingerprint density at radius 1 is 1.09 bits per heavy atom. The second-order valence-corrected chi connectivity index (χ2v) is 5.18. The summed E-state index contributed by atoms with van der Waals surface area (Å²) in [7, 11) is 1.06. The molecular weight excluding hydrogens is 326 g/mol. The van der Waals surface area contributed by atoms with E-state index in [0.717, 1.165) is 13.2 Å². The molecule has 0 bridgehead atoms. The van der Waals surface area contributed by atoms with Crippen LogP contribution in [-0.2, 0) is 6.18 Å². The minimum Gasteiger partial charge on any atom is -0.496 e. The Balaban J connectivity index is 2.45. The van der Waals surface area contributed by atoms with E-state index in [0.29, 0.717) is 25.2 Å². The molecule has 1 fully saturated rings. The average molecular weight is 342 g/mol. The summed E-state index contributed by atoms with van der Waals surface area (Å²) in [5.74, 6) is -0.416. The second kappa shape index (κ2) is 6.56. The fourth-order valence-electron chi connectivity index (χ4n) is 2.63. The zero-order valence-electron chi connectivity index (χ0n) is 12.3. The molecule has 1 aromatic rings. The number of hydrogen-bond donors (Lipinski definition) is 1. The number of rotatable bonds is 3. The maximum Gasteiger partial charge on any atom is 0.416 e. The van der Waals surface area contributed by atoms with Gasteiger partial charge in [-0.1, -0.05) is 6.07 Å². The minimum atomic E-state index is -4.64. The molecule has 1 N–H and O–H groups in total. The Morgan fingerprint density at radius 2 is 1.70 bits per heavy atom. The Labute approximate surface area is 129 Å². The number of ether oxygens (including phenoxy) is 1. The van der Waals surface area contributed by atoms with Gasteiger partial charge < -0.3 is 10.1 Å². The molecule has 0 saturated carbocycles. The zero-order chi connectivity index (χ0) is 17.3. The fraction of sp³-hybridized carbons (Fsp3) is 0.571. The summed E-state index contributed by atoms with van der Waals surface area (Å²) in [5.41, 5.74) is -1.35. The Hall–Kier alpha value is -1.48. The fourth-order valence-corrected chi connectivity index (χ4v) is 2.63. The summed E-state index contributed by atoms with van der Waals surface area (Å²) >= 11 is 0. The van der Waals surface area contributed by atoms with Crippen LogP contribution in [0.1, 0.15) is 17.2 Å².